The van der Waals surface area contributed by atoms with E-state index in [1.165, 1.54) is 25.7 Å². The molecule has 29 heavy (non-hydrogen) atoms. The summed E-state index contributed by atoms with van der Waals surface area (Å²) in [6.45, 7) is 9.29. The molecule has 4 aliphatic rings. The summed E-state index contributed by atoms with van der Waals surface area (Å²) in [5.41, 5.74) is 0.307. The number of unbranched alkanes of at least 4 members (excludes halogenated alkanes) is 1. The van der Waals surface area contributed by atoms with Gasteiger partial charge in [0.25, 0.3) is 0 Å². The Hall–Kier alpha value is -0.700. The van der Waals surface area contributed by atoms with E-state index in [9.17, 15) is 14.7 Å². The highest BCUT2D eigenvalue weighted by Crippen LogP contribution is 2.67. The number of carbonyl (C=O) groups excluding carboxylic acids is 2. The van der Waals surface area contributed by atoms with Gasteiger partial charge in [-0.1, -0.05) is 40.5 Å². The Bertz CT molecular complexity index is 656. The second-order valence-corrected chi connectivity index (χ2v) is 11.6. The highest BCUT2D eigenvalue weighted by molar-refractivity contribution is 5.90. The first-order valence-corrected chi connectivity index (χ1v) is 12.4. The van der Waals surface area contributed by atoms with Gasteiger partial charge in [0.1, 0.15) is 11.6 Å². The van der Waals surface area contributed by atoms with Crippen LogP contribution in [0.4, 0.5) is 0 Å². The largest absolute Gasteiger partial charge is 0.393 e. The van der Waals surface area contributed by atoms with Crippen LogP contribution in [-0.2, 0) is 9.59 Å². The molecule has 4 aliphatic carbocycles. The standard InChI is InChI=1S/C26H42O3/c1-5-6-7-23(28)16(2)19-8-9-20-18-15-24(29)22-14-17(27)10-12-26(22,4)21(18)11-13-25(19,20)3/h16,18-23,28H,5-15H2,1-4H3. The average molecular weight is 403 g/mol. The van der Waals surface area contributed by atoms with Gasteiger partial charge in [0.15, 0.2) is 0 Å². The fourth-order valence-corrected chi connectivity index (χ4v) is 8.69. The van der Waals surface area contributed by atoms with Gasteiger partial charge in [-0.25, -0.2) is 0 Å². The molecular formula is C26H42O3. The third-order valence-corrected chi connectivity index (χ3v) is 10.4. The van der Waals surface area contributed by atoms with Crippen LogP contribution in [-0.4, -0.2) is 22.8 Å². The highest BCUT2D eigenvalue weighted by atomic mass is 16.3. The van der Waals surface area contributed by atoms with E-state index >= 15 is 0 Å². The summed E-state index contributed by atoms with van der Waals surface area (Å²) in [6.07, 6.45) is 10.7. The summed E-state index contributed by atoms with van der Waals surface area (Å²) in [5.74, 6) is 3.32. The fraction of sp³-hybridized carbons (Fsp3) is 0.923. The third-order valence-electron chi connectivity index (χ3n) is 10.4. The molecule has 0 aromatic heterocycles. The zero-order valence-electron chi connectivity index (χ0n) is 19.1. The molecule has 4 fully saturated rings. The molecule has 0 heterocycles. The summed E-state index contributed by atoms with van der Waals surface area (Å²) < 4.78 is 0. The number of fused-ring (bicyclic) bond motifs is 5. The number of aliphatic hydroxyl groups excluding tert-OH is 1. The molecule has 0 aliphatic heterocycles. The van der Waals surface area contributed by atoms with Gasteiger partial charge in [-0.15, -0.1) is 0 Å². The maximum absolute atomic E-state index is 13.2. The number of carbonyl (C=O) groups is 2. The van der Waals surface area contributed by atoms with E-state index < -0.39 is 0 Å². The molecule has 0 aromatic carbocycles. The van der Waals surface area contributed by atoms with Gasteiger partial charge in [0.2, 0.25) is 0 Å². The van der Waals surface area contributed by atoms with Crippen molar-refractivity contribution in [2.45, 2.75) is 104 Å². The van der Waals surface area contributed by atoms with Gasteiger partial charge in [0.05, 0.1) is 6.10 Å². The van der Waals surface area contributed by atoms with Crippen LogP contribution in [0.3, 0.4) is 0 Å². The molecule has 0 radical (unpaired) electrons. The fourth-order valence-electron chi connectivity index (χ4n) is 8.69. The lowest BCUT2D eigenvalue weighted by atomic mass is 9.44. The quantitative estimate of drug-likeness (QED) is 0.653. The maximum atomic E-state index is 13.2. The van der Waals surface area contributed by atoms with Crippen LogP contribution in [0.2, 0.25) is 0 Å². The van der Waals surface area contributed by atoms with Gasteiger partial charge in [0, 0.05) is 25.2 Å². The summed E-state index contributed by atoms with van der Waals surface area (Å²) in [5, 5.41) is 10.8. The SMILES string of the molecule is CCCCC(O)C(C)C1CCC2C3CC(=O)C4CC(=O)CCC4(C)C3CCC12C. The van der Waals surface area contributed by atoms with Crippen molar-refractivity contribution in [3.05, 3.63) is 0 Å². The van der Waals surface area contributed by atoms with Crippen LogP contribution in [0, 0.1) is 46.3 Å². The predicted octanol–water partition coefficient (Wildman–Crippen LogP) is 5.58. The van der Waals surface area contributed by atoms with Gasteiger partial charge in [-0.2, -0.15) is 0 Å². The van der Waals surface area contributed by atoms with Crippen LogP contribution < -0.4 is 0 Å². The molecule has 3 heteroatoms. The molecule has 4 saturated carbocycles. The van der Waals surface area contributed by atoms with Crippen LogP contribution in [0.15, 0.2) is 0 Å². The minimum absolute atomic E-state index is 0.0126. The lowest BCUT2D eigenvalue weighted by Crippen LogP contribution is -2.57. The molecule has 164 valence electrons. The molecule has 1 N–H and O–H groups in total. The first-order valence-electron chi connectivity index (χ1n) is 12.4. The number of aliphatic hydroxyl groups is 1. The van der Waals surface area contributed by atoms with Gasteiger partial charge in [-0.05, 0) is 78.9 Å². The number of hydrogen-bond acceptors (Lipinski definition) is 3. The van der Waals surface area contributed by atoms with E-state index in [1.54, 1.807) is 0 Å². The van der Waals surface area contributed by atoms with Crippen LogP contribution >= 0.6 is 0 Å². The number of Topliss-reactive ketones (excluding diaryl/α,β-unsaturated/α-hetero) is 2. The molecule has 4 rings (SSSR count). The zero-order chi connectivity index (χ0) is 21.0. The van der Waals surface area contributed by atoms with Gasteiger partial charge < -0.3 is 5.11 Å². The topological polar surface area (TPSA) is 54.4 Å². The van der Waals surface area contributed by atoms with Crippen LogP contribution in [0.1, 0.15) is 98.3 Å². The van der Waals surface area contributed by atoms with Crippen molar-refractivity contribution in [3.8, 4) is 0 Å². The van der Waals surface area contributed by atoms with Crippen molar-refractivity contribution in [3.63, 3.8) is 0 Å². The molecule has 9 atom stereocenters. The lowest BCUT2D eigenvalue weighted by Gasteiger charge is -2.60. The van der Waals surface area contributed by atoms with E-state index in [2.05, 4.69) is 27.7 Å². The van der Waals surface area contributed by atoms with Crippen LogP contribution in [0.5, 0.6) is 0 Å². The second kappa shape index (κ2) is 7.77. The summed E-state index contributed by atoms with van der Waals surface area (Å²) in [6, 6.07) is 0. The zero-order valence-corrected chi connectivity index (χ0v) is 19.1. The second-order valence-electron chi connectivity index (χ2n) is 11.6. The Morgan fingerprint density at radius 3 is 2.48 bits per heavy atom. The summed E-state index contributed by atoms with van der Waals surface area (Å²) in [7, 11) is 0. The number of hydrogen-bond donors (Lipinski definition) is 1. The minimum atomic E-state index is -0.188. The first-order chi connectivity index (χ1) is 13.7. The minimum Gasteiger partial charge on any atom is -0.393 e. The van der Waals surface area contributed by atoms with Crippen molar-refractivity contribution in [2.24, 2.45) is 46.3 Å². The van der Waals surface area contributed by atoms with E-state index in [4.69, 9.17) is 0 Å². The molecule has 0 saturated heterocycles. The van der Waals surface area contributed by atoms with E-state index in [0.717, 1.165) is 25.7 Å². The van der Waals surface area contributed by atoms with Crippen molar-refractivity contribution < 1.29 is 14.7 Å². The van der Waals surface area contributed by atoms with E-state index in [0.29, 0.717) is 60.4 Å². The normalized spacial score (nSPS) is 46.6. The van der Waals surface area contributed by atoms with E-state index in [-0.39, 0.29) is 22.9 Å². The Morgan fingerprint density at radius 1 is 1.03 bits per heavy atom. The van der Waals surface area contributed by atoms with Crippen LogP contribution in [0.25, 0.3) is 0 Å². The van der Waals surface area contributed by atoms with Crippen molar-refractivity contribution >= 4 is 11.6 Å². The van der Waals surface area contributed by atoms with Crippen molar-refractivity contribution in [1.29, 1.82) is 0 Å². The Kier molecular flexibility index (Phi) is 5.77. The lowest BCUT2D eigenvalue weighted by molar-refractivity contribution is -0.159. The molecule has 0 amide bonds. The monoisotopic (exact) mass is 402 g/mol. The molecule has 0 spiro atoms. The highest BCUT2D eigenvalue weighted by Gasteiger charge is 2.62. The first kappa shape index (κ1) is 21.5. The summed E-state index contributed by atoms with van der Waals surface area (Å²) >= 11 is 0. The average Bonchev–Trinajstić information content (AvgIpc) is 3.04. The predicted molar refractivity (Wildman–Crippen MR) is 115 cm³/mol. The molecule has 0 bridgehead atoms. The molecule has 0 aromatic rings. The van der Waals surface area contributed by atoms with Gasteiger partial charge in [-0.3, -0.25) is 9.59 Å². The number of rotatable bonds is 5. The van der Waals surface area contributed by atoms with Gasteiger partial charge >= 0.3 is 0 Å². The Morgan fingerprint density at radius 2 is 1.76 bits per heavy atom. The maximum Gasteiger partial charge on any atom is 0.137 e. The third kappa shape index (κ3) is 3.34. The number of ketones is 2. The Labute approximate surface area is 177 Å². The van der Waals surface area contributed by atoms with Crippen molar-refractivity contribution in [2.75, 3.05) is 0 Å². The molecular weight excluding hydrogens is 360 g/mol. The van der Waals surface area contributed by atoms with E-state index in [1.807, 2.05) is 0 Å². The Balaban J connectivity index is 1.56. The smallest absolute Gasteiger partial charge is 0.137 e. The summed E-state index contributed by atoms with van der Waals surface area (Å²) in [4.78, 5) is 25.3. The van der Waals surface area contributed by atoms with Crippen molar-refractivity contribution in [1.82, 2.24) is 0 Å². The molecule has 3 nitrogen and oxygen atoms in total. The molecule has 9 unspecified atom stereocenters.